The Morgan fingerprint density at radius 3 is 1.27 bits per heavy atom. The number of esters is 7. The van der Waals surface area contributed by atoms with Gasteiger partial charge in [0.1, 0.15) is 36.1 Å². The lowest BCUT2D eigenvalue weighted by Crippen LogP contribution is -2.65. The van der Waals surface area contributed by atoms with Crippen molar-refractivity contribution in [2.75, 3.05) is 27.4 Å². The number of hydrogen-bond acceptors (Lipinski definition) is 21. The normalized spacial score (nSPS) is 28.5. The topological polar surface area (TPSA) is 257 Å². The smallest absolute Gasteiger partial charge is 0.338 e. The van der Waals surface area contributed by atoms with E-state index >= 15 is 4.79 Å². The van der Waals surface area contributed by atoms with Crippen LogP contribution < -0.4 is 9.47 Å². The van der Waals surface area contributed by atoms with Crippen LogP contribution >= 0.6 is 0 Å². The molecule has 0 aromatic heterocycles. The van der Waals surface area contributed by atoms with Gasteiger partial charge in [-0.15, -0.1) is 0 Å². The summed E-state index contributed by atoms with van der Waals surface area (Å²) >= 11 is 0. The molecular formula is C90H88O21. The van der Waals surface area contributed by atoms with E-state index < -0.39 is 123 Å². The summed E-state index contributed by atoms with van der Waals surface area (Å²) < 4.78 is 84.9. The highest BCUT2D eigenvalue weighted by atomic mass is 16.8. The molecule has 4 aliphatic carbocycles. The second kappa shape index (κ2) is 34.0. The highest BCUT2D eigenvalue weighted by molar-refractivity contribution is 5.93. The van der Waals surface area contributed by atoms with E-state index in [2.05, 4.69) is 19.9 Å². The maximum absolute atomic E-state index is 15.0. The molecule has 6 aliphatic rings. The number of carbonyl (C=O) groups excluding carboxylic acids is 8. The number of methoxy groups -OCH3 is 2. The van der Waals surface area contributed by atoms with E-state index in [0.717, 1.165) is 37.0 Å². The Balaban J connectivity index is 0.848. The first-order valence-corrected chi connectivity index (χ1v) is 37.7. The number of carbonyl (C=O) groups is 8. The number of hydrogen-bond donors (Lipinski definition) is 0. The number of benzene rings is 8. The van der Waals surface area contributed by atoms with E-state index in [-0.39, 0.29) is 85.1 Å². The third-order valence-electron chi connectivity index (χ3n) is 23.2. The monoisotopic (exact) mass is 1500 g/mol. The van der Waals surface area contributed by atoms with Crippen LogP contribution in [0.25, 0.3) is 0 Å². The van der Waals surface area contributed by atoms with Gasteiger partial charge >= 0.3 is 41.8 Å². The van der Waals surface area contributed by atoms with Crippen LogP contribution in [0.4, 0.5) is 0 Å². The molecule has 0 amide bonds. The molecule has 14 rings (SSSR count). The number of allylic oxidation sites excluding steroid dienone is 1. The predicted octanol–water partition coefficient (Wildman–Crippen LogP) is 14.6. The zero-order valence-electron chi connectivity index (χ0n) is 62.2. The molecule has 21 heteroatoms. The molecule has 18 atom stereocenters. The Morgan fingerprint density at radius 1 is 0.432 bits per heavy atom. The van der Waals surface area contributed by atoms with E-state index in [4.69, 9.17) is 61.6 Å². The highest BCUT2D eigenvalue weighted by Gasteiger charge is 2.64. The Kier molecular flexibility index (Phi) is 23.5. The zero-order chi connectivity index (χ0) is 77.3. The molecular weight excluding hydrogens is 1420 g/mol. The van der Waals surface area contributed by atoms with Crippen molar-refractivity contribution in [1.29, 1.82) is 0 Å². The molecule has 2 aliphatic heterocycles. The van der Waals surface area contributed by atoms with Crippen LogP contribution in [-0.4, -0.2) is 143 Å². The van der Waals surface area contributed by atoms with Gasteiger partial charge in [-0.3, -0.25) is 4.79 Å². The van der Waals surface area contributed by atoms with E-state index in [9.17, 15) is 33.6 Å². The molecule has 3 saturated carbocycles. The summed E-state index contributed by atoms with van der Waals surface area (Å²) in [7, 11) is 3.30. The molecule has 5 fully saturated rings. The van der Waals surface area contributed by atoms with Crippen LogP contribution in [0.5, 0.6) is 11.5 Å². The summed E-state index contributed by atoms with van der Waals surface area (Å²) in [4.78, 5) is 117. The number of fused-ring (bicyclic) bond motifs is 5. The van der Waals surface area contributed by atoms with Crippen molar-refractivity contribution in [2.24, 2.45) is 34.5 Å². The lowest BCUT2D eigenvalue weighted by atomic mass is 9.47. The second-order valence-corrected chi connectivity index (χ2v) is 29.6. The van der Waals surface area contributed by atoms with Gasteiger partial charge in [0, 0.05) is 11.5 Å². The van der Waals surface area contributed by atoms with Gasteiger partial charge in [-0.2, -0.15) is 0 Å². The van der Waals surface area contributed by atoms with Crippen molar-refractivity contribution in [3.05, 3.63) is 287 Å². The molecule has 0 spiro atoms. The summed E-state index contributed by atoms with van der Waals surface area (Å²) in [6.45, 7) is 4.92. The first-order chi connectivity index (χ1) is 53.9. The molecule has 574 valence electrons. The van der Waals surface area contributed by atoms with Crippen LogP contribution in [0.2, 0.25) is 0 Å². The average Bonchev–Trinajstić information content (AvgIpc) is 1.71. The minimum Gasteiger partial charge on any atom is -0.497 e. The van der Waals surface area contributed by atoms with Crippen molar-refractivity contribution in [2.45, 2.75) is 139 Å². The van der Waals surface area contributed by atoms with Crippen molar-refractivity contribution in [1.82, 2.24) is 0 Å². The summed E-state index contributed by atoms with van der Waals surface area (Å²) in [5.41, 5.74) is 2.10. The SMILES string of the molecule is COc1ccc(OC)c([C@@H]2C[C@H]3[C@@H]4CC=C5C[C@@H](O[C@@H]6O[C@H](CO[C@@H]7O[C@H](COC(=O)c8ccccc8)[C@@H](OC(=O)c8ccccc8)[C@H](OC(=O)c8ccccc8)[C@H]7OC(=O)c7ccccc7)[C@@H](OC(=O)c7ccccc7)[C@H](OC(=O)c7ccccc7)[C@H]6OC(=O)c6ccccc6)CC[C@]5(C)[C@H]4CC[C@]3(C)[C@H]2C(C)=O)c1. The van der Waals surface area contributed by atoms with Crippen LogP contribution in [-0.2, 0) is 56.9 Å². The fraction of sp³-hybridized carbons (Fsp3) is 0.356. The van der Waals surface area contributed by atoms with Crippen LogP contribution in [0, 0.1) is 34.5 Å². The Morgan fingerprint density at radius 2 is 0.838 bits per heavy atom. The number of Topliss-reactive ketones (excluding diaryl/α,β-unsaturated/α-hetero) is 1. The van der Waals surface area contributed by atoms with Crippen molar-refractivity contribution < 1.29 is 99.9 Å². The third kappa shape index (κ3) is 16.5. The number of ketones is 1. The first-order valence-electron chi connectivity index (χ1n) is 37.7. The van der Waals surface area contributed by atoms with E-state index in [0.29, 0.717) is 25.0 Å². The minimum absolute atomic E-state index is 0.0361. The number of ether oxygens (including phenoxy) is 13. The van der Waals surface area contributed by atoms with E-state index in [1.165, 1.54) is 78.4 Å². The third-order valence-corrected chi connectivity index (χ3v) is 23.2. The molecule has 8 aromatic carbocycles. The van der Waals surface area contributed by atoms with Gasteiger partial charge < -0.3 is 61.6 Å². The number of rotatable bonds is 24. The van der Waals surface area contributed by atoms with Gasteiger partial charge in [0.05, 0.1) is 65.9 Å². The van der Waals surface area contributed by atoms with Gasteiger partial charge in [0.25, 0.3) is 0 Å². The molecule has 8 aromatic rings. The van der Waals surface area contributed by atoms with Gasteiger partial charge in [-0.05, 0) is 189 Å². The van der Waals surface area contributed by atoms with Crippen LogP contribution in [0.1, 0.15) is 150 Å². The molecule has 0 radical (unpaired) electrons. The fourth-order valence-electron chi connectivity index (χ4n) is 17.8. The van der Waals surface area contributed by atoms with Crippen LogP contribution in [0.3, 0.4) is 0 Å². The van der Waals surface area contributed by atoms with E-state index in [1.54, 1.807) is 161 Å². The molecule has 0 bridgehead atoms. The highest BCUT2D eigenvalue weighted by Crippen LogP contribution is 2.69. The molecule has 0 unspecified atom stereocenters. The lowest BCUT2D eigenvalue weighted by Gasteiger charge is -2.58. The van der Waals surface area contributed by atoms with Crippen LogP contribution in [0.15, 0.2) is 242 Å². The Labute approximate surface area is 643 Å². The predicted molar refractivity (Wildman–Crippen MR) is 402 cm³/mol. The minimum atomic E-state index is -1.92. The van der Waals surface area contributed by atoms with Gasteiger partial charge in [-0.1, -0.05) is 153 Å². The molecule has 2 saturated heterocycles. The molecule has 21 nitrogen and oxygen atoms in total. The zero-order valence-corrected chi connectivity index (χ0v) is 62.2. The maximum Gasteiger partial charge on any atom is 0.338 e. The summed E-state index contributed by atoms with van der Waals surface area (Å²) in [5.74, 6) is -4.46. The lowest BCUT2D eigenvalue weighted by molar-refractivity contribution is -0.333. The van der Waals surface area contributed by atoms with E-state index in [1.807, 2.05) is 18.2 Å². The van der Waals surface area contributed by atoms with Crippen molar-refractivity contribution in [3.63, 3.8) is 0 Å². The maximum atomic E-state index is 15.0. The molecule has 0 N–H and O–H groups in total. The van der Waals surface area contributed by atoms with Gasteiger partial charge in [0.15, 0.2) is 49.2 Å². The van der Waals surface area contributed by atoms with Crippen molar-refractivity contribution >= 4 is 47.6 Å². The van der Waals surface area contributed by atoms with Crippen molar-refractivity contribution in [3.8, 4) is 11.5 Å². The van der Waals surface area contributed by atoms with Gasteiger partial charge in [-0.25, -0.2) is 33.6 Å². The standard InChI is InChI=1S/C90H88O21/c1-54(91)73-67(66-50-63(99-4)42-44-70(66)100-5)51-69-65-43-41-62-49-64(45-47-89(62,2)68(65)46-48-90(69,73)3)103-88-79(111-86(98)61-39-25-12-26-40-61)77(109-84(96)59-35-21-10-22-36-59)75(107-82(94)57-31-17-8-18-32-57)72(105-88)53-102-87-78(110-85(97)60-37-23-11-24-38-60)76(108-83(95)58-33-19-9-20-34-58)74(106-81(93)56-29-15-7-16-30-56)71(104-87)52-101-80(92)55-27-13-6-14-28-55/h6-42,44,50,64-65,67-69,71-79,87-88H,43,45-49,51-53H2,1-5H3/t64-,65+,67-,68-,69-,71+,72+,73-,74+,75+,76-,77-,78+,79+,87+,88+,89-,90-/m0/s1. The quantitative estimate of drug-likeness (QED) is 0.0309. The second-order valence-electron chi connectivity index (χ2n) is 29.6. The fourth-order valence-corrected chi connectivity index (χ4v) is 17.8. The summed E-state index contributed by atoms with van der Waals surface area (Å²) in [6.07, 6.45) is -11.1. The molecule has 2 heterocycles. The summed E-state index contributed by atoms with van der Waals surface area (Å²) in [5, 5.41) is 0. The summed E-state index contributed by atoms with van der Waals surface area (Å²) in [6, 6.07) is 61.8. The Bertz CT molecular complexity index is 4640. The average molecular weight is 1510 g/mol. The Hall–Kier alpha value is -11.1. The van der Waals surface area contributed by atoms with Gasteiger partial charge in [0.2, 0.25) is 0 Å². The largest absolute Gasteiger partial charge is 0.497 e. The first kappa shape index (κ1) is 76.7. The molecule has 111 heavy (non-hydrogen) atoms.